The van der Waals surface area contributed by atoms with E-state index in [2.05, 4.69) is 16.0 Å². The van der Waals surface area contributed by atoms with Crippen LogP contribution in [0.4, 0.5) is 10.1 Å². The van der Waals surface area contributed by atoms with Gasteiger partial charge in [-0.05, 0) is 42.2 Å². The topological polar surface area (TPSA) is 49.0 Å². The number of H-pyrrole nitrogens is 1. The molecule has 5 heteroatoms. The molecule has 1 N–H and O–H groups in total. The number of anilines is 1. The molecule has 1 amide bonds. The van der Waals surface area contributed by atoms with Crippen molar-refractivity contribution in [3.05, 3.63) is 83.2 Å². The van der Waals surface area contributed by atoms with Crippen LogP contribution in [0.2, 0.25) is 0 Å². The van der Waals surface area contributed by atoms with Gasteiger partial charge >= 0.3 is 0 Å². The zero-order chi connectivity index (χ0) is 18.4. The van der Waals surface area contributed by atoms with Gasteiger partial charge in [-0.15, -0.1) is 0 Å². The monoisotopic (exact) mass is 361 g/mol. The Kier molecular flexibility index (Phi) is 3.81. The van der Waals surface area contributed by atoms with Crippen LogP contribution in [0.5, 0.6) is 0 Å². The van der Waals surface area contributed by atoms with Gasteiger partial charge in [-0.1, -0.05) is 30.3 Å². The standard InChI is InChI=1S/C22H20FN3O/c23-16-8-5-14(6-9-16)18-12-26(21-4-2-1-3-17(18)21)22(27)15-7-10-19-20(11-15)25-13-24-19/h1-6,8-9,13,15,18H,7,10-12H2,(H,24,25). The summed E-state index contributed by atoms with van der Waals surface area (Å²) >= 11 is 0. The lowest BCUT2D eigenvalue weighted by Gasteiger charge is -2.26. The summed E-state index contributed by atoms with van der Waals surface area (Å²) in [6.45, 7) is 0.605. The molecule has 2 aromatic carbocycles. The lowest BCUT2D eigenvalue weighted by Crippen LogP contribution is -2.38. The number of carbonyl (C=O) groups excluding carboxylic acids is 1. The highest BCUT2D eigenvalue weighted by Gasteiger charge is 2.37. The maximum Gasteiger partial charge on any atom is 0.230 e. The van der Waals surface area contributed by atoms with E-state index < -0.39 is 0 Å². The van der Waals surface area contributed by atoms with Gasteiger partial charge in [0.25, 0.3) is 0 Å². The summed E-state index contributed by atoms with van der Waals surface area (Å²) in [4.78, 5) is 22.8. The van der Waals surface area contributed by atoms with Crippen LogP contribution in [-0.4, -0.2) is 22.4 Å². The molecule has 0 spiro atoms. The number of imidazole rings is 1. The van der Waals surface area contributed by atoms with Crippen LogP contribution < -0.4 is 4.90 Å². The van der Waals surface area contributed by atoms with Crippen molar-refractivity contribution in [2.24, 2.45) is 5.92 Å². The zero-order valence-corrected chi connectivity index (χ0v) is 14.9. The molecule has 0 radical (unpaired) electrons. The number of rotatable bonds is 2. The van der Waals surface area contributed by atoms with E-state index in [1.54, 1.807) is 6.33 Å². The van der Waals surface area contributed by atoms with E-state index in [-0.39, 0.29) is 23.6 Å². The number of hydrogen-bond acceptors (Lipinski definition) is 2. The fraction of sp³-hybridized carbons (Fsp3) is 0.273. The smallest absolute Gasteiger partial charge is 0.230 e. The largest absolute Gasteiger partial charge is 0.348 e. The van der Waals surface area contributed by atoms with E-state index in [4.69, 9.17) is 0 Å². The van der Waals surface area contributed by atoms with E-state index in [0.717, 1.165) is 41.0 Å². The summed E-state index contributed by atoms with van der Waals surface area (Å²) in [5.41, 5.74) is 5.32. The predicted molar refractivity (Wildman–Crippen MR) is 101 cm³/mol. The predicted octanol–water partition coefficient (Wildman–Crippen LogP) is 3.83. The molecule has 0 bridgehead atoms. The molecule has 1 aromatic heterocycles. The number of aromatic nitrogens is 2. The van der Waals surface area contributed by atoms with Gasteiger partial charge in [0.2, 0.25) is 5.91 Å². The van der Waals surface area contributed by atoms with Gasteiger partial charge in [0, 0.05) is 36.2 Å². The fourth-order valence-electron chi connectivity index (χ4n) is 4.42. The van der Waals surface area contributed by atoms with Crippen LogP contribution in [-0.2, 0) is 17.6 Å². The highest BCUT2D eigenvalue weighted by Crippen LogP contribution is 2.41. The number of para-hydroxylation sites is 1. The Balaban J connectivity index is 1.45. The summed E-state index contributed by atoms with van der Waals surface area (Å²) in [7, 11) is 0. The number of benzene rings is 2. The molecule has 1 aliphatic heterocycles. The lowest BCUT2D eigenvalue weighted by molar-refractivity contribution is -0.122. The summed E-state index contributed by atoms with van der Waals surface area (Å²) in [6, 6.07) is 14.7. The number of carbonyl (C=O) groups is 1. The minimum atomic E-state index is -0.241. The second kappa shape index (κ2) is 6.34. The second-order valence-corrected chi connectivity index (χ2v) is 7.38. The molecule has 1 aliphatic carbocycles. The van der Waals surface area contributed by atoms with Gasteiger partial charge in [0.05, 0.1) is 12.0 Å². The SMILES string of the molecule is O=C(C1CCc2[nH]cnc2C1)N1CC(c2ccc(F)cc2)c2ccccc21. The van der Waals surface area contributed by atoms with E-state index >= 15 is 0 Å². The van der Waals surface area contributed by atoms with Crippen molar-refractivity contribution in [1.29, 1.82) is 0 Å². The number of nitrogens with zero attached hydrogens (tertiary/aromatic N) is 2. The van der Waals surface area contributed by atoms with Crippen molar-refractivity contribution < 1.29 is 9.18 Å². The molecule has 2 unspecified atom stereocenters. The van der Waals surface area contributed by atoms with Crippen molar-refractivity contribution >= 4 is 11.6 Å². The molecule has 5 rings (SSSR count). The number of aryl methyl sites for hydroxylation is 1. The second-order valence-electron chi connectivity index (χ2n) is 7.38. The van der Waals surface area contributed by atoms with Gasteiger partial charge < -0.3 is 9.88 Å². The first-order valence-electron chi connectivity index (χ1n) is 9.37. The Morgan fingerprint density at radius 3 is 2.81 bits per heavy atom. The maximum absolute atomic E-state index is 13.4. The molecule has 0 saturated heterocycles. The van der Waals surface area contributed by atoms with Crippen molar-refractivity contribution in [2.75, 3.05) is 11.4 Å². The molecule has 136 valence electrons. The van der Waals surface area contributed by atoms with Crippen molar-refractivity contribution in [2.45, 2.75) is 25.2 Å². The number of amides is 1. The fourth-order valence-corrected chi connectivity index (χ4v) is 4.42. The van der Waals surface area contributed by atoms with E-state index in [1.165, 1.54) is 12.1 Å². The minimum Gasteiger partial charge on any atom is -0.348 e. The number of nitrogens with one attached hydrogen (secondary N) is 1. The van der Waals surface area contributed by atoms with Crippen LogP contribution in [0.3, 0.4) is 0 Å². The van der Waals surface area contributed by atoms with Crippen LogP contribution >= 0.6 is 0 Å². The third-order valence-electron chi connectivity index (χ3n) is 5.85. The molecular weight excluding hydrogens is 341 g/mol. The molecular formula is C22H20FN3O. The summed E-state index contributed by atoms with van der Waals surface area (Å²) in [6.07, 6.45) is 4.11. The number of halogens is 1. The molecule has 0 fully saturated rings. The van der Waals surface area contributed by atoms with Crippen molar-refractivity contribution in [1.82, 2.24) is 9.97 Å². The third-order valence-corrected chi connectivity index (χ3v) is 5.85. The van der Waals surface area contributed by atoms with Crippen LogP contribution in [0.25, 0.3) is 0 Å². The van der Waals surface area contributed by atoms with Gasteiger partial charge in [-0.2, -0.15) is 0 Å². The van der Waals surface area contributed by atoms with E-state index in [9.17, 15) is 9.18 Å². The van der Waals surface area contributed by atoms with Gasteiger partial charge in [0.1, 0.15) is 5.82 Å². The van der Waals surface area contributed by atoms with Crippen LogP contribution in [0.1, 0.15) is 34.9 Å². The van der Waals surface area contributed by atoms with Crippen molar-refractivity contribution in [3.63, 3.8) is 0 Å². The Labute approximate surface area is 157 Å². The molecule has 4 nitrogen and oxygen atoms in total. The maximum atomic E-state index is 13.4. The summed E-state index contributed by atoms with van der Waals surface area (Å²) in [5, 5.41) is 0. The van der Waals surface area contributed by atoms with Crippen LogP contribution in [0.15, 0.2) is 54.9 Å². The van der Waals surface area contributed by atoms with E-state index in [1.807, 2.05) is 35.2 Å². The van der Waals surface area contributed by atoms with Gasteiger partial charge in [-0.25, -0.2) is 9.37 Å². The first-order chi connectivity index (χ1) is 13.2. The Morgan fingerprint density at radius 1 is 1.15 bits per heavy atom. The molecule has 2 aliphatic rings. The lowest BCUT2D eigenvalue weighted by atomic mass is 9.88. The quantitative estimate of drug-likeness (QED) is 0.754. The highest BCUT2D eigenvalue weighted by molar-refractivity contribution is 5.98. The normalized spacial score (nSPS) is 21.0. The van der Waals surface area contributed by atoms with Gasteiger partial charge in [-0.3, -0.25) is 4.79 Å². The molecule has 3 aromatic rings. The first-order valence-corrected chi connectivity index (χ1v) is 9.37. The summed E-state index contributed by atoms with van der Waals surface area (Å²) < 4.78 is 13.3. The van der Waals surface area contributed by atoms with Crippen LogP contribution in [0, 0.1) is 11.7 Å². The van der Waals surface area contributed by atoms with E-state index in [0.29, 0.717) is 13.0 Å². The molecule has 2 atom stereocenters. The average molecular weight is 361 g/mol. The Hall–Kier alpha value is -2.95. The number of hydrogen-bond donors (Lipinski definition) is 1. The first kappa shape index (κ1) is 16.2. The average Bonchev–Trinajstić information content (AvgIpc) is 3.32. The number of fused-ring (bicyclic) bond motifs is 2. The Bertz CT molecular complexity index is 995. The third kappa shape index (κ3) is 2.74. The highest BCUT2D eigenvalue weighted by atomic mass is 19.1. The van der Waals surface area contributed by atoms with Crippen molar-refractivity contribution in [3.8, 4) is 0 Å². The summed E-state index contributed by atoms with van der Waals surface area (Å²) in [5.74, 6) is -0.0354. The number of aromatic amines is 1. The molecule has 0 saturated carbocycles. The zero-order valence-electron chi connectivity index (χ0n) is 14.9. The Morgan fingerprint density at radius 2 is 1.96 bits per heavy atom. The molecule has 27 heavy (non-hydrogen) atoms. The molecule has 2 heterocycles. The minimum absolute atomic E-state index is 0.0409. The van der Waals surface area contributed by atoms with Gasteiger partial charge in [0.15, 0.2) is 0 Å².